The molecule has 0 radical (unpaired) electrons. The molecule has 0 atom stereocenters. The molecule has 0 saturated carbocycles. The summed E-state index contributed by atoms with van der Waals surface area (Å²) in [7, 11) is 0. The first-order valence-electron chi connectivity index (χ1n) is 13.7. The highest BCUT2D eigenvalue weighted by Crippen LogP contribution is 2.30. The summed E-state index contributed by atoms with van der Waals surface area (Å²) in [5, 5.41) is 6.54. The molecule has 3 fully saturated rings. The van der Waals surface area contributed by atoms with Crippen LogP contribution in [0.3, 0.4) is 0 Å². The minimum absolute atomic E-state index is 0.0579. The zero-order chi connectivity index (χ0) is 23.9. The summed E-state index contributed by atoms with van der Waals surface area (Å²) < 4.78 is 0. The smallest absolute Gasteiger partial charge is 0.261 e. The van der Waals surface area contributed by atoms with Gasteiger partial charge in [0.25, 0.3) is 5.91 Å². The maximum atomic E-state index is 12.7. The average molecular weight is 496 g/mol. The van der Waals surface area contributed by atoms with Gasteiger partial charge in [0.05, 0.1) is 4.88 Å². The third kappa shape index (κ3) is 6.64. The molecular formula is C28H41N5OS. The molecule has 4 heterocycles. The third-order valence-corrected chi connectivity index (χ3v) is 9.00. The first kappa shape index (κ1) is 24.8. The fourth-order valence-electron chi connectivity index (χ4n) is 5.76. The predicted molar refractivity (Wildman–Crippen MR) is 147 cm³/mol. The van der Waals surface area contributed by atoms with Crippen LogP contribution in [0.5, 0.6) is 0 Å². The van der Waals surface area contributed by atoms with Crippen LogP contribution in [0.1, 0.15) is 48.2 Å². The SMILES string of the molecule is O=C(NCCCN1CCC(N2CCCCC2)CC1)c1ccc(-c2ccc(N3CCNCC3)cc2)s1. The molecule has 1 aromatic carbocycles. The second-order valence-corrected chi connectivity index (χ2v) is 11.3. The van der Waals surface area contributed by atoms with E-state index in [2.05, 4.69) is 55.7 Å². The Morgan fingerprint density at radius 2 is 1.66 bits per heavy atom. The number of thiophene rings is 1. The molecule has 1 amide bonds. The lowest BCUT2D eigenvalue weighted by atomic mass is 10.00. The summed E-state index contributed by atoms with van der Waals surface area (Å²) in [6, 6.07) is 13.6. The van der Waals surface area contributed by atoms with Crippen molar-refractivity contribution < 1.29 is 4.79 Å². The van der Waals surface area contributed by atoms with Crippen LogP contribution in [0.2, 0.25) is 0 Å². The molecule has 1 aromatic heterocycles. The van der Waals surface area contributed by atoms with E-state index in [0.29, 0.717) is 0 Å². The van der Waals surface area contributed by atoms with E-state index in [9.17, 15) is 4.79 Å². The number of nitrogens with one attached hydrogen (secondary N) is 2. The van der Waals surface area contributed by atoms with Crippen LogP contribution in [0.15, 0.2) is 36.4 Å². The van der Waals surface area contributed by atoms with Crippen LogP contribution in [0.4, 0.5) is 5.69 Å². The number of nitrogens with zero attached hydrogens (tertiary/aromatic N) is 3. The van der Waals surface area contributed by atoms with Gasteiger partial charge in [-0.15, -0.1) is 11.3 Å². The minimum Gasteiger partial charge on any atom is -0.369 e. The molecule has 2 aromatic rings. The Bertz CT molecular complexity index is 925. The Morgan fingerprint density at radius 1 is 0.914 bits per heavy atom. The van der Waals surface area contributed by atoms with E-state index >= 15 is 0 Å². The molecule has 7 heteroatoms. The van der Waals surface area contributed by atoms with Gasteiger partial charge in [-0.05, 0) is 94.7 Å². The number of carbonyl (C=O) groups is 1. The van der Waals surface area contributed by atoms with Gasteiger partial charge in [0.2, 0.25) is 0 Å². The molecule has 0 bridgehead atoms. The number of hydrogen-bond acceptors (Lipinski definition) is 6. The average Bonchev–Trinajstić information content (AvgIpc) is 3.43. The van der Waals surface area contributed by atoms with Crippen molar-refractivity contribution in [2.45, 2.75) is 44.6 Å². The number of anilines is 1. The van der Waals surface area contributed by atoms with Gasteiger partial charge in [0.1, 0.15) is 0 Å². The number of amides is 1. The number of rotatable bonds is 8. The van der Waals surface area contributed by atoms with Crippen LogP contribution in [0, 0.1) is 0 Å². The van der Waals surface area contributed by atoms with Crippen molar-refractivity contribution in [2.75, 3.05) is 70.3 Å². The van der Waals surface area contributed by atoms with Gasteiger partial charge in [-0.2, -0.15) is 0 Å². The van der Waals surface area contributed by atoms with E-state index in [4.69, 9.17) is 0 Å². The van der Waals surface area contributed by atoms with Crippen molar-refractivity contribution in [3.63, 3.8) is 0 Å². The zero-order valence-electron chi connectivity index (χ0n) is 21.0. The van der Waals surface area contributed by atoms with E-state index in [1.165, 1.54) is 69.5 Å². The van der Waals surface area contributed by atoms with Crippen LogP contribution in [0.25, 0.3) is 10.4 Å². The summed E-state index contributed by atoms with van der Waals surface area (Å²) in [5.41, 5.74) is 2.46. The highest BCUT2D eigenvalue weighted by atomic mass is 32.1. The summed E-state index contributed by atoms with van der Waals surface area (Å²) >= 11 is 1.58. The highest BCUT2D eigenvalue weighted by molar-refractivity contribution is 7.17. The van der Waals surface area contributed by atoms with Gasteiger partial charge in [0.15, 0.2) is 0 Å². The second-order valence-electron chi connectivity index (χ2n) is 10.2. The van der Waals surface area contributed by atoms with Crippen LogP contribution in [-0.2, 0) is 0 Å². The Kier molecular flexibility index (Phi) is 8.73. The normalized spacial score (nSPS) is 20.7. The Labute approximate surface area is 214 Å². The predicted octanol–water partition coefficient (Wildman–Crippen LogP) is 3.89. The van der Waals surface area contributed by atoms with Gasteiger partial charge in [-0.3, -0.25) is 4.79 Å². The van der Waals surface area contributed by atoms with E-state index in [-0.39, 0.29) is 5.91 Å². The van der Waals surface area contributed by atoms with Crippen LogP contribution < -0.4 is 15.5 Å². The lowest BCUT2D eigenvalue weighted by Crippen LogP contribution is -2.47. The van der Waals surface area contributed by atoms with Gasteiger partial charge in [0, 0.05) is 49.3 Å². The molecular weight excluding hydrogens is 454 g/mol. The highest BCUT2D eigenvalue weighted by Gasteiger charge is 2.25. The van der Waals surface area contributed by atoms with Gasteiger partial charge in [-0.25, -0.2) is 0 Å². The molecule has 6 nitrogen and oxygen atoms in total. The largest absolute Gasteiger partial charge is 0.369 e. The topological polar surface area (TPSA) is 50.9 Å². The first-order chi connectivity index (χ1) is 17.3. The number of hydrogen-bond donors (Lipinski definition) is 2. The van der Waals surface area contributed by atoms with Crippen molar-refractivity contribution in [2.24, 2.45) is 0 Å². The monoisotopic (exact) mass is 495 g/mol. The molecule has 0 spiro atoms. The molecule has 0 unspecified atom stereocenters. The number of piperidine rings is 2. The zero-order valence-corrected chi connectivity index (χ0v) is 21.8. The van der Waals surface area contributed by atoms with E-state index in [0.717, 1.165) is 61.5 Å². The maximum absolute atomic E-state index is 12.7. The van der Waals surface area contributed by atoms with Crippen LogP contribution in [-0.4, -0.2) is 87.2 Å². The Morgan fingerprint density at radius 3 is 2.40 bits per heavy atom. The second kappa shape index (κ2) is 12.3. The molecule has 3 aliphatic heterocycles. The quantitative estimate of drug-likeness (QED) is 0.544. The number of benzene rings is 1. The molecule has 190 valence electrons. The molecule has 5 rings (SSSR count). The fourth-order valence-corrected chi connectivity index (χ4v) is 6.69. The number of piperazine rings is 1. The molecule has 35 heavy (non-hydrogen) atoms. The molecule has 2 N–H and O–H groups in total. The van der Waals surface area contributed by atoms with Gasteiger partial charge >= 0.3 is 0 Å². The van der Waals surface area contributed by atoms with Crippen LogP contribution >= 0.6 is 11.3 Å². The summed E-state index contributed by atoms with van der Waals surface area (Å²) in [4.78, 5) is 22.4. The van der Waals surface area contributed by atoms with Crippen molar-refractivity contribution in [1.82, 2.24) is 20.4 Å². The first-order valence-corrected chi connectivity index (χ1v) is 14.5. The fraction of sp³-hybridized carbons (Fsp3) is 0.607. The Hall–Kier alpha value is -1.93. The van der Waals surface area contributed by atoms with Crippen molar-refractivity contribution in [3.05, 3.63) is 41.3 Å². The van der Waals surface area contributed by atoms with Crippen molar-refractivity contribution in [3.8, 4) is 10.4 Å². The molecule has 0 aliphatic carbocycles. The van der Waals surface area contributed by atoms with E-state index in [1.807, 2.05) is 6.07 Å². The minimum atomic E-state index is 0.0579. The summed E-state index contributed by atoms with van der Waals surface area (Å²) in [6.07, 6.45) is 7.81. The van der Waals surface area contributed by atoms with Crippen molar-refractivity contribution >= 4 is 22.9 Å². The van der Waals surface area contributed by atoms with E-state index in [1.54, 1.807) is 11.3 Å². The lowest BCUT2D eigenvalue weighted by molar-refractivity contribution is 0.0904. The van der Waals surface area contributed by atoms with Gasteiger partial charge < -0.3 is 25.3 Å². The van der Waals surface area contributed by atoms with E-state index < -0.39 is 0 Å². The lowest BCUT2D eigenvalue weighted by Gasteiger charge is -2.40. The molecule has 3 aliphatic rings. The third-order valence-electron chi connectivity index (χ3n) is 7.86. The summed E-state index contributed by atoms with van der Waals surface area (Å²) in [5.74, 6) is 0.0579. The standard InChI is InChI=1S/C28H41N5OS/c34-28(30-13-4-16-31-19-11-25(12-20-31)32-17-2-1-3-18-32)27-10-9-26(35-27)23-5-7-24(8-6-23)33-21-14-29-15-22-33/h5-10,25,29H,1-4,11-22H2,(H,30,34). The number of carbonyl (C=O) groups excluding carboxylic acids is 1. The summed E-state index contributed by atoms with van der Waals surface area (Å²) in [6.45, 7) is 11.1. The maximum Gasteiger partial charge on any atom is 0.261 e. The van der Waals surface area contributed by atoms with Gasteiger partial charge in [-0.1, -0.05) is 18.6 Å². The Balaban J connectivity index is 1.02. The molecule has 3 saturated heterocycles. The number of likely N-dealkylation sites (tertiary alicyclic amines) is 2. The van der Waals surface area contributed by atoms with Crippen molar-refractivity contribution in [1.29, 1.82) is 0 Å².